The number of hydrogen-bond donors (Lipinski definition) is 1. The molecule has 1 saturated carbocycles. The van der Waals surface area contributed by atoms with Crippen LogP contribution in [0.1, 0.15) is 33.1 Å². The van der Waals surface area contributed by atoms with Gasteiger partial charge in [0, 0.05) is 6.61 Å². The van der Waals surface area contributed by atoms with Crippen molar-refractivity contribution in [1.82, 2.24) is 0 Å². The number of rotatable bonds is 7. The second-order valence-electron chi connectivity index (χ2n) is 5.42. The first kappa shape index (κ1) is 13.3. The number of aliphatic hydroxyl groups is 1. The maximum Gasteiger partial charge on any atom is 0.0845 e. The van der Waals surface area contributed by atoms with Gasteiger partial charge in [-0.1, -0.05) is 0 Å². The van der Waals surface area contributed by atoms with Crippen LogP contribution in [0.15, 0.2) is 0 Å². The largest absolute Gasteiger partial charge is 0.391 e. The number of ether oxygens (including phenoxy) is 3. The topological polar surface area (TPSA) is 51.2 Å². The summed E-state index contributed by atoms with van der Waals surface area (Å²) < 4.78 is 16.6. The Labute approximate surface area is 103 Å². The first-order chi connectivity index (χ1) is 8.15. The van der Waals surface area contributed by atoms with E-state index in [1.807, 2.05) is 6.92 Å². The first-order valence-electron chi connectivity index (χ1n) is 6.68. The van der Waals surface area contributed by atoms with Crippen LogP contribution in [0.4, 0.5) is 0 Å². The van der Waals surface area contributed by atoms with Crippen LogP contribution in [-0.4, -0.2) is 49.3 Å². The van der Waals surface area contributed by atoms with E-state index in [2.05, 4.69) is 0 Å². The highest BCUT2D eigenvalue weighted by atomic mass is 16.6. The lowest BCUT2D eigenvalue weighted by molar-refractivity contribution is -0.0432. The van der Waals surface area contributed by atoms with Crippen LogP contribution < -0.4 is 0 Å². The molecule has 0 aromatic carbocycles. The summed E-state index contributed by atoms with van der Waals surface area (Å²) in [5.74, 6) is 0.655. The van der Waals surface area contributed by atoms with Crippen molar-refractivity contribution in [3.8, 4) is 0 Å². The van der Waals surface area contributed by atoms with E-state index in [9.17, 15) is 0 Å². The van der Waals surface area contributed by atoms with E-state index >= 15 is 0 Å². The standard InChI is InChI=1S/C13H24O4/c1-9(14)6-16-10(2)7-15-8-11-3-4-12-13(5-11)17-12/h9-14H,3-8H2,1-2H3. The molecular formula is C13H24O4. The van der Waals surface area contributed by atoms with Crippen molar-refractivity contribution < 1.29 is 19.3 Å². The van der Waals surface area contributed by atoms with E-state index in [0.29, 0.717) is 31.3 Å². The van der Waals surface area contributed by atoms with Gasteiger partial charge in [-0.25, -0.2) is 0 Å². The summed E-state index contributed by atoms with van der Waals surface area (Å²) in [6, 6.07) is 0. The fraction of sp³-hybridized carbons (Fsp3) is 1.00. The second kappa shape index (κ2) is 6.14. The van der Waals surface area contributed by atoms with Crippen molar-refractivity contribution in [1.29, 1.82) is 0 Å². The molecule has 0 aromatic heterocycles. The van der Waals surface area contributed by atoms with E-state index in [-0.39, 0.29) is 6.10 Å². The number of epoxide rings is 1. The quantitative estimate of drug-likeness (QED) is 0.687. The fourth-order valence-electron chi connectivity index (χ4n) is 2.39. The molecule has 0 aromatic rings. The molecule has 100 valence electrons. The summed E-state index contributed by atoms with van der Waals surface area (Å²) in [7, 11) is 0. The minimum atomic E-state index is -0.403. The Balaban J connectivity index is 1.50. The zero-order valence-corrected chi connectivity index (χ0v) is 10.8. The van der Waals surface area contributed by atoms with Gasteiger partial charge in [-0.15, -0.1) is 0 Å². The maximum atomic E-state index is 9.08. The van der Waals surface area contributed by atoms with Gasteiger partial charge in [0.2, 0.25) is 0 Å². The Morgan fingerprint density at radius 1 is 1.24 bits per heavy atom. The van der Waals surface area contributed by atoms with Crippen molar-refractivity contribution >= 4 is 0 Å². The molecule has 1 aliphatic carbocycles. The van der Waals surface area contributed by atoms with Crippen molar-refractivity contribution in [3.05, 3.63) is 0 Å². The van der Waals surface area contributed by atoms with Crippen molar-refractivity contribution in [2.45, 2.75) is 57.5 Å². The van der Waals surface area contributed by atoms with Crippen LogP contribution in [0, 0.1) is 5.92 Å². The summed E-state index contributed by atoms with van der Waals surface area (Å²) in [5.41, 5.74) is 0. The normalized spacial score (nSPS) is 35.1. The van der Waals surface area contributed by atoms with Gasteiger partial charge in [-0.3, -0.25) is 0 Å². The van der Waals surface area contributed by atoms with Gasteiger partial charge in [0.15, 0.2) is 0 Å². The molecule has 0 bridgehead atoms. The number of fused-ring (bicyclic) bond motifs is 1. The number of aliphatic hydroxyl groups excluding tert-OH is 1. The van der Waals surface area contributed by atoms with Crippen molar-refractivity contribution in [2.24, 2.45) is 5.92 Å². The highest BCUT2D eigenvalue weighted by molar-refractivity contribution is 4.91. The molecule has 5 unspecified atom stereocenters. The molecule has 4 nitrogen and oxygen atoms in total. The summed E-state index contributed by atoms with van der Waals surface area (Å²) in [4.78, 5) is 0. The van der Waals surface area contributed by atoms with Crippen molar-refractivity contribution in [2.75, 3.05) is 19.8 Å². The van der Waals surface area contributed by atoms with E-state index in [1.165, 1.54) is 12.8 Å². The van der Waals surface area contributed by atoms with Crippen LogP contribution in [-0.2, 0) is 14.2 Å². The molecule has 0 amide bonds. The summed E-state index contributed by atoms with van der Waals surface area (Å²) in [5, 5.41) is 9.08. The van der Waals surface area contributed by atoms with Gasteiger partial charge in [0.25, 0.3) is 0 Å². The molecule has 0 spiro atoms. The van der Waals surface area contributed by atoms with E-state index in [0.717, 1.165) is 13.0 Å². The Kier molecular flexibility index (Phi) is 4.79. The van der Waals surface area contributed by atoms with E-state index in [4.69, 9.17) is 19.3 Å². The third kappa shape index (κ3) is 4.54. The minimum absolute atomic E-state index is 0.0538. The molecule has 1 saturated heterocycles. The highest BCUT2D eigenvalue weighted by Gasteiger charge is 2.43. The molecule has 0 radical (unpaired) electrons. The Bertz CT molecular complexity index is 231. The third-order valence-corrected chi connectivity index (χ3v) is 3.44. The van der Waals surface area contributed by atoms with Crippen LogP contribution in [0.25, 0.3) is 0 Å². The van der Waals surface area contributed by atoms with Crippen LogP contribution in [0.2, 0.25) is 0 Å². The van der Waals surface area contributed by atoms with E-state index in [1.54, 1.807) is 6.92 Å². The first-order valence-corrected chi connectivity index (χ1v) is 6.68. The molecule has 5 atom stereocenters. The van der Waals surface area contributed by atoms with E-state index < -0.39 is 6.10 Å². The minimum Gasteiger partial charge on any atom is -0.391 e. The molecule has 2 fully saturated rings. The Hall–Kier alpha value is -0.160. The van der Waals surface area contributed by atoms with Gasteiger partial charge in [0.1, 0.15) is 0 Å². The van der Waals surface area contributed by atoms with Crippen LogP contribution >= 0.6 is 0 Å². The zero-order chi connectivity index (χ0) is 12.3. The maximum absolute atomic E-state index is 9.08. The summed E-state index contributed by atoms with van der Waals surface area (Å²) >= 11 is 0. The Morgan fingerprint density at radius 3 is 2.76 bits per heavy atom. The summed E-state index contributed by atoms with van der Waals surface area (Å²) in [6.07, 6.45) is 4.34. The van der Waals surface area contributed by atoms with Gasteiger partial charge in [-0.05, 0) is 39.0 Å². The molecule has 1 aliphatic heterocycles. The average molecular weight is 244 g/mol. The van der Waals surface area contributed by atoms with Gasteiger partial charge < -0.3 is 19.3 Å². The predicted octanol–water partition coefficient (Wildman–Crippen LogP) is 1.36. The number of hydrogen-bond acceptors (Lipinski definition) is 4. The monoisotopic (exact) mass is 244 g/mol. The zero-order valence-electron chi connectivity index (χ0n) is 10.8. The lowest BCUT2D eigenvalue weighted by Crippen LogP contribution is -2.24. The molecule has 4 heteroatoms. The lowest BCUT2D eigenvalue weighted by Gasteiger charge is -2.20. The SMILES string of the molecule is CC(O)COC(C)COCC1CCC2OC2C1. The Morgan fingerprint density at radius 2 is 2.06 bits per heavy atom. The molecule has 2 rings (SSSR count). The molecular weight excluding hydrogens is 220 g/mol. The van der Waals surface area contributed by atoms with Crippen LogP contribution in [0.3, 0.4) is 0 Å². The summed E-state index contributed by atoms with van der Waals surface area (Å²) in [6.45, 7) is 5.50. The van der Waals surface area contributed by atoms with Gasteiger partial charge >= 0.3 is 0 Å². The van der Waals surface area contributed by atoms with Gasteiger partial charge in [-0.2, -0.15) is 0 Å². The van der Waals surface area contributed by atoms with Gasteiger partial charge in [0.05, 0.1) is 37.6 Å². The van der Waals surface area contributed by atoms with Crippen LogP contribution in [0.5, 0.6) is 0 Å². The average Bonchev–Trinajstić information content (AvgIpc) is 3.04. The molecule has 17 heavy (non-hydrogen) atoms. The predicted molar refractivity (Wildman–Crippen MR) is 63.9 cm³/mol. The second-order valence-corrected chi connectivity index (χ2v) is 5.42. The fourth-order valence-corrected chi connectivity index (χ4v) is 2.39. The molecule has 2 aliphatic rings. The lowest BCUT2D eigenvalue weighted by atomic mass is 9.90. The third-order valence-electron chi connectivity index (χ3n) is 3.44. The smallest absolute Gasteiger partial charge is 0.0845 e. The van der Waals surface area contributed by atoms with Crippen molar-refractivity contribution in [3.63, 3.8) is 0 Å². The highest BCUT2D eigenvalue weighted by Crippen LogP contribution is 2.39. The molecule has 1 N–H and O–H groups in total. The molecule has 1 heterocycles.